The average Bonchev–Trinajstić information content (AvgIpc) is 2.82. The molecule has 1 heterocycles. The molecule has 1 fully saturated rings. The number of rotatable bonds is 2. The number of halogens is 3. The SMILES string of the molecule is C[C@H](C(=O)N1CCOC1=O)c1ccc(C(F)(F)F)cc1. The number of ether oxygens (including phenoxy) is 1. The molecule has 0 spiro atoms. The first kappa shape index (κ1) is 14.4. The summed E-state index contributed by atoms with van der Waals surface area (Å²) in [6.07, 6.45) is -5.13. The maximum atomic E-state index is 12.4. The fourth-order valence-electron chi connectivity index (χ4n) is 1.93. The molecule has 1 atom stereocenters. The molecule has 0 N–H and O–H groups in total. The second-order valence-corrected chi connectivity index (χ2v) is 4.45. The molecule has 2 rings (SSSR count). The van der Waals surface area contributed by atoms with Crippen LogP contribution in [0.3, 0.4) is 0 Å². The van der Waals surface area contributed by atoms with Crippen LogP contribution in [0.5, 0.6) is 0 Å². The third kappa shape index (κ3) is 2.76. The molecule has 1 aliphatic rings. The standard InChI is InChI=1S/C13H12F3NO3/c1-8(11(18)17-6-7-20-12(17)19)9-2-4-10(5-3-9)13(14,15)16/h2-5,8H,6-7H2,1H3/t8-/m0/s1. The van der Waals surface area contributed by atoms with Gasteiger partial charge in [-0.1, -0.05) is 12.1 Å². The highest BCUT2D eigenvalue weighted by atomic mass is 19.4. The summed E-state index contributed by atoms with van der Waals surface area (Å²) in [5.41, 5.74) is -0.357. The van der Waals surface area contributed by atoms with Gasteiger partial charge in [0, 0.05) is 0 Å². The van der Waals surface area contributed by atoms with Gasteiger partial charge in [-0.2, -0.15) is 13.2 Å². The van der Waals surface area contributed by atoms with E-state index in [0.29, 0.717) is 5.56 Å². The first-order valence-electron chi connectivity index (χ1n) is 5.96. The van der Waals surface area contributed by atoms with Gasteiger partial charge in [0.2, 0.25) is 5.91 Å². The Morgan fingerprint density at radius 1 is 1.30 bits per heavy atom. The van der Waals surface area contributed by atoms with Crippen molar-refractivity contribution in [3.63, 3.8) is 0 Å². The predicted octanol–water partition coefficient (Wildman–Crippen LogP) is 2.79. The second kappa shape index (κ2) is 5.15. The Morgan fingerprint density at radius 3 is 2.35 bits per heavy atom. The van der Waals surface area contributed by atoms with Crippen LogP contribution < -0.4 is 0 Å². The summed E-state index contributed by atoms with van der Waals surface area (Å²) in [5.74, 6) is -1.19. The molecule has 1 aromatic carbocycles. The van der Waals surface area contributed by atoms with Crippen LogP contribution in [0.25, 0.3) is 0 Å². The van der Waals surface area contributed by atoms with E-state index < -0.39 is 29.7 Å². The van der Waals surface area contributed by atoms with E-state index in [4.69, 9.17) is 0 Å². The molecule has 1 saturated heterocycles. The van der Waals surface area contributed by atoms with E-state index in [1.54, 1.807) is 0 Å². The van der Waals surface area contributed by atoms with E-state index in [9.17, 15) is 22.8 Å². The number of alkyl halides is 3. The van der Waals surface area contributed by atoms with Crippen LogP contribution in [0, 0.1) is 0 Å². The number of carbonyl (C=O) groups is 2. The molecule has 0 aromatic heterocycles. The summed E-state index contributed by atoms with van der Waals surface area (Å²) in [5, 5.41) is 0. The topological polar surface area (TPSA) is 46.6 Å². The molecule has 4 nitrogen and oxygen atoms in total. The zero-order valence-electron chi connectivity index (χ0n) is 10.6. The minimum absolute atomic E-state index is 0.143. The van der Waals surface area contributed by atoms with Crippen molar-refractivity contribution in [2.24, 2.45) is 0 Å². The molecule has 7 heteroatoms. The Balaban J connectivity index is 2.15. The van der Waals surface area contributed by atoms with Gasteiger partial charge in [-0.3, -0.25) is 4.79 Å². The molecule has 108 valence electrons. The highest BCUT2D eigenvalue weighted by molar-refractivity contribution is 5.96. The minimum atomic E-state index is -4.41. The summed E-state index contributed by atoms with van der Waals surface area (Å²) in [6, 6.07) is 4.32. The number of imide groups is 1. The first-order chi connectivity index (χ1) is 9.30. The Morgan fingerprint density at radius 2 is 1.90 bits per heavy atom. The van der Waals surface area contributed by atoms with Crippen LogP contribution in [-0.2, 0) is 15.7 Å². The van der Waals surface area contributed by atoms with Gasteiger partial charge in [0.15, 0.2) is 0 Å². The van der Waals surface area contributed by atoms with Crippen molar-refractivity contribution >= 4 is 12.0 Å². The molecule has 0 bridgehead atoms. The second-order valence-electron chi connectivity index (χ2n) is 4.45. The molecule has 20 heavy (non-hydrogen) atoms. The third-order valence-electron chi connectivity index (χ3n) is 3.14. The van der Waals surface area contributed by atoms with Crippen molar-refractivity contribution in [3.8, 4) is 0 Å². The Labute approximate surface area is 113 Å². The Bertz CT molecular complexity index is 525. The van der Waals surface area contributed by atoms with Gasteiger partial charge < -0.3 is 4.74 Å². The lowest BCUT2D eigenvalue weighted by Crippen LogP contribution is -2.34. The van der Waals surface area contributed by atoms with Gasteiger partial charge in [0.05, 0.1) is 18.0 Å². The van der Waals surface area contributed by atoms with Gasteiger partial charge in [-0.25, -0.2) is 9.69 Å². The summed E-state index contributed by atoms with van der Waals surface area (Å²) < 4.78 is 42.0. The number of cyclic esters (lactones) is 1. The number of benzene rings is 1. The molecule has 0 radical (unpaired) electrons. The van der Waals surface area contributed by atoms with Crippen molar-refractivity contribution in [1.29, 1.82) is 0 Å². The number of amides is 2. The van der Waals surface area contributed by atoms with E-state index in [-0.39, 0.29) is 13.2 Å². The summed E-state index contributed by atoms with van der Waals surface area (Å²) >= 11 is 0. The zero-order valence-corrected chi connectivity index (χ0v) is 10.6. The monoisotopic (exact) mass is 287 g/mol. The van der Waals surface area contributed by atoms with Crippen molar-refractivity contribution in [2.75, 3.05) is 13.2 Å². The van der Waals surface area contributed by atoms with Crippen molar-refractivity contribution < 1.29 is 27.5 Å². The van der Waals surface area contributed by atoms with Gasteiger partial charge in [0.1, 0.15) is 6.61 Å². The molecule has 1 aromatic rings. The normalized spacial score (nSPS) is 17.0. The van der Waals surface area contributed by atoms with E-state index in [0.717, 1.165) is 17.0 Å². The molecular weight excluding hydrogens is 275 g/mol. The number of carbonyl (C=O) groups excluding carboxylic acids is 2. The van der Waals surface area contributed by atoms with Gasteiger partial charge >= 0.3 is 12.3 Å². The largest absolute Gasteiger partial charge is 0.447 e. The van der Waals surface area contributed by atoms with Gasteiger partial charge in [-0.05, 0) is 24.6 Å². The molecule has 1 aliphatic heterocycles. The highest BCUT2D eigenvalue weighted by Gasteiger charge is 2.33. The van der Waals surface area contributed by atoms with Crippen LogP contribution in [0.2, 0.25) is 0 Å². The smallest absolute Gasteiger partial charge is 0.416 e. The van der Waals surface area contributed by atoms with E-state index in [1.165, 1.54) is 19.1 Å². The Hall–Kier alpha value is -2.05. The maximum absolute atomic E-state index is 12.4. The molecule has 0 saturated carbocycles. The lowest BCUT2D eigenvalue weighted by atomic mass is 9.98. The lowest BCUT2D eigenvalue weighted by Gasteiger charge is -2.17. The van der Waals surface area contributed by atoms with E-state index >= 15 is 0 Å². The van der Waals surface area contributed by atoms with Crippen molar-refractivity contribution in [3.05, 3.63) is 35.4 Å². The van der Waals surface area contributed by atoms with Gasteiger partial charge in [-0.15, -0.1) is 0 Å². The highest BCUT2D eigenvalue weighted by Crippen LogP contribution is 2.30. The van der Waals surface area contributed by atoms with Gasteiger partial charge in [0.25, 0.3) is 0 Å². The third-order valence-corrected chi connectivity index (χ3v) is 3.14. The predicted molar refractivity (Wildman–Crippen MR) is 62.9 cm³/mol. The van der Waals surface area contributed by atoms with Crippen molar-refractivity contribution in [2.45, 2.75) is 19.0 Å². The average molecular weight is 287 g/mol. The van der Waals surface area contributed by atoms with Crippen LogP contribution in [0.15, 0.2) is 24.3 Å². The zero-order chi connectivity index (χ0) is 14.9. The summed E-state index contributed by atoms with van der Waals surface area (Å²) in [7, 11) is 0. The summed E-state index contributed by atoms with van der Waals surface area (Å²) in [4.78, 5) is 24.3. The fraction of sp³-hybridized carbons (Fsp3) is 0.385. The van der Waals surface area contributed by atoms with Crippen LogP contribution in [0.1, 0.15) is 24.0 Å². The maximum Gasteiger partial charge on any atom is 0.416 e. The van der Waals surface area contributed by atoms with E-state index in [1.807, 2.05) is 0 Å². The molecule has 0 aliphatic carbocycles. The van der Waals surface area contributed by atoms with Crippen molar-refractivity contribution in [1.82, 2.24) is 4.90 Å². The molecular formula is C13H12F3NO3. The Kier molecular flexibility index (Phi) is 3.69. The van der Waals surface area contributed by atoms with E-state index in [2.05, 4.69) is 4.74 Å². The number of nitrogens with zero attached hydrogens (tertiary/aromatic N) is 1. The van der Waals surface area contributed by atoms with Crippen LogP contribution in [0.4, 0.5) is 18.0 Å². The summed E-state index contributed by atoms with van der Waals surface area (Å²) in [6.45, 7) is 1.85. The number of hydrogen-bond acceptors (Lipinski definition) is 3. The fourth-order valence-corrected chi connectivity index (χ4v) is 1.93. The van der Waals surface area contributed by atoms with Crippen LogP contribution >= 0.6 is 0 Å². The quantitative estimate of drug-likeness (QED) is 0.840. The molecule has 0 unspecified atom stereocenters. The molecule has 2 amide bonds. The first-order valence-corrected chi connectivity index (χ1v) is 5.96. The number of hydrogen-bond donors (Lipinski definition) is 0. The lowest BCUT2D eigenvalue weighted by molar-refractivity contribution is -0.137. The minimum Gasteiger partial charge on any atom is -0.447 e. The van der Waals surface area contributed by atoms with Crippen LogP contribution in [-0.4, -0.2) is 30.1 Å².